The lowest BCUT2D eigenvalue weighted by atomic mass is 10.1. The van der Waals surface area contributed by atoms with E-state index >= 15 is 0 Å². The number of rotatable bonds is 2. The smallest absolute Gasteiger partial charge is 0.273 e. The number of hydrogen-bond donors (Lipinski definition) is 0. The molecule has 1 aromatic heterocycles. The lowest BCUT2D eigenvalue weighted by Gasteiger charge is -2.34. The Morgan fingerprint density at radius 2 is 1.61 bits per heavy atom. The molecule has 0 atom stereocenters. The molecule has 1 aliphatic rings. The minimum atomic E-state index is -0.0441. The first kappa shape index (κ1) is 15.7. The number of aryl methyl sites for hydroxylation is 2. The third-order valence-electron chi connectivity index (χ3n) is 4.07. The van der Waals surface area contributed by atoms with Gasteiger partial charge < -0.3 is 9.80 Å². The summed E-state index contributed by atoms with van der Waals surface area (Å²) in [4.78, 5) is 32.8. The fourth-order valence-electron chi connectivity index (χ4n) is 2.72. The van der Waals surface area contributed by atoms with Crippen LogP contribution in [0.2, 0.25) is 0 Å². The fourth-order valence-corrected chi connectivity index (χ4v) is 3.31. The van der Waals surface area contributed by atoms with Gasteiger partial charge >= 0.3 is 0 Å². The molecule has 0 bridgehead atoms. The van der Waals surface area contributed by atoms with Crippen LogP contribution in [0.25, 0.3) is 0 Å². The molecular formula is C17H19N3O2S. The van der Waals surface area contributed by atoms with Crippen LogP contribution in [0, 0.1) is 13.8 Å². The second-order valence-corrected chi connectivity index (χ2v) is 6.71. The first-order valence-electron chi connectivity index (χ1n) is 7.62. The topological polar surface area (TPSA) is 53.5 Å². The Morgan fingerprint density at radius 3 is 2.17 bits per heavy atom. The van der Waals surface area contributed by atoms with E-state index in [-0.39, 0.29) is 11.8 Å². The number of carbonyl (C=O) groups is 2. The van der Waals surface area contributed by atoms with Gasteiger partial charge in [-0.3, -0.25) is 9.59 Å². The van der Waals surface area contributed by atoms with Gasteiger partial charge in [-0.25, -0.2) is 4.98 Å². The molecule has 0 unspecified atom stereocenters. The third-order valence-corrected chi connectivity index (χ3v) is 4.84. The molecule has 0 aliphatic carbocycles. The van der Waals surface area contributed by atoms with E-state index in [2.05, 4.69) is 4.98 Å². The molecule has 1 aliphatic heterocycles. The van der Waals surface area contributed by atoms with Crippen molar-refractivity contribution in [3.05, 3.63) is 51.5 Å². The van der Waals surface area contributed by atoms with Crippen LogP contribution in [0.1, 0.15) is 31.4 Å². The Balaban J connectivity index is 1.63. The van der Waals surface area contributed by atoms with Crippen molar-refractivity contribution in [2.75, 3.05) is 26.2 Å². The molecule has 120 valence electrons. The standard InChI is InChI=1S/C17H19N3O2S/c1-12-5-3-4-6-14(12)16(21)19-7-9-20(10-8-19)17(22)15-11-23-13(2)18-15/h3-6,11H,7-10H2,1-2H3. The van der Waals surface area contributed by atoms with Crippen molar-refractivity contribution in [2.45, 2.75) is 13.8 Å². The van der Waals surface area contributed by atoms with Crippen molar-refractivity contribution in [1.29, 1.82) is 0 Å². The van der Waals surface area contributed by atoms with E-state index in [1.807, 2.05) is 43.0 Å². The Morgan fingerprint density at radius 1 is 1.00 bits per heavy atom. The quantitative estimate of drug-likeness (QED) is 0.850. The van der Waals surface area contributed by atoms with Gasteiger partial charge in [0.15, 0.2) is 0 Å². The number of thiazole rings is 1. The maximum atomic E-state index is 12.6. The van der Waals surface area contributed by atoms with E-state index in [1.54, 1.807) is 10.3 Å². The van der Waals surface area contributed by atoms with E-state index < -0.39 is 0 Å². The van der Waals surface area contributed by atoms with Crippen LogP contribution >= 0.6 is 11.3 Å². The van der Waals surface area contributed by atoms with Crippen molar-refractivity contribution in [1.82, 2.24) is 14.8 Å². The zero-order valence-corrected chi connectivity index (χ0v) is 14.1. The first-order valence-corrected chi connectivity index (χ1v) is 8.50. The summed E-state index contributed by atoms with van der Waals surface area (Å²) in [5.74, 6) is -0.00274. The van der Waals surface area contributed by atoms with Gasteiger partial charge in [-0.2, -0.15) is 0 Å². The Bertz CT molecular complexity index is 733. The van der Waals surface area contributed by atoms with Crippen molar-refractivity contribution in [3.8, 4) is 0 Å². The summed E-state index contributed by atoms with van der Waals surface area (Å²) in [6, 6.07) is 7.61. The average Bonchev–Trinajstić information content (AvgIpc) is 3.01. The molecule has 23 heavy (non-hydrogen) atoms. The molecule has 1 saturated heterocycles. The van der Waals surface area contributed by atoms with Gasteiger partial charge in [-0.1, -0.05) is 18.2 Å². The van der Waals surface area contributed by atoms with E-state index in [0.29, 0.717) is 31.9 Å². The summed E-state index contributed by atoms with van der Waals surface area (Å²) >= 11 is 1.48. The molecule has 3 rings (SSSR count). The molecule has 2 amide bonds. The average molecular weight is 329 g/mol. The SMILES string of the molecule is Cc1nc(C(=O)N2CCN(C(=O)c3ccccc3C)CC2)cs1. The van der Waals surface area contributed by atoms with Crippen LogP contribution in [0.5, 0.6) is 0 Å². The Labute approximate surface area is 139 Å². The molecule has 6 heteroatoms. The Hall–Kier alpha value is -2.21. The molecule has 0 radical (unpaired) electrons. The van der Waals surface area contributed by atoms with Crippen LogP contribution < -0.4 is 0 Å². The van der Waals surface area contributed by atoms with Gasteiger partial charge in [0.05, 0.1) is 5.01 Å². The summed E-state index contributed by atoms with van der Waals surface area (Å²) in [6.45, 7) is 6.04. The van der Waals surface area contributed by atoms with Gasteiger partial charge in [0.2, 0.25) is 0 Å². The van der Waals surface area contributed by atoms with Crippen LogP contribution in [0.4, 0.5) is 0 Å². The van der Waals surface area contributed by atoms with Crippen molar-refractivity contribution in [2.24, 2.45) is 0 Å². The maximum Gasteiger partial charge on any atom is 0.273 e. The van der Waals surface area contributed by atoms with Crippen LogP contribution in [-0.2, 0) is 0 Å². The van der Waals surface area contributed by atoms with Gasteiger partial charge in [-0.05, 0) is 25.5 Å². The fraction of sp³-hybridized carbons (Fsp3) is 0.353. The van der Waals surface area contributed by atoms with Gasteiger partial charge in [0.25, 0.3) is 11.8 Å². The molecule has 1 fully saturated rings. The highest BCUT2D eigenvalue weighted by Gasteiger charge is 2.26. The number of piperazine rings is 1. The summed E-state index contributed by atoms with van der Waals surface area (Å²) in [5, 5.41) is 2.68. The zero-order valence-electron chi connectivity index (χ0n) is 13.3. The van der Waals surface area contributed by atoms with Gasteiger partial charge in [-0.15, -0.1) is 11.3 Å². The molecule has 2 aromatic rings. The second-order valence-electron chi connectivity index (χ2n) is 5.65. The summed E-state index contributed by atoms with van der Waals surface area (Å²) in [7, 11) is 0. The highest BCUT2D eigenvalue weighted by Crippen LogP contribution is 2.15. The van der Waals surface area contributed by atoms with Crippen LogP contribution in [0.15, 0.2) is 29.6 Å². The lowest BCUT2D eigenvalue weighted by molar-refractivity contribution is 0.0532. The summed E-state index contributed by atoms with van der Waals surface area (Å²) in [5.41, 5.74) is 2.22. The largest absolute Gasteiger partial charge is 0.335 e. The van der Waals surface area contributed by atoms with Crippen molar-refractivity contribution in [3.63, 3.8) is 0 Å². The number of nitrogens with zero attached hydrogens (tertiary/aromatic N) is 3. The number of hydrogen-bond acceptors (Lipinski definition) is 4. The van der Waals surface area contributed by atoms with Crippen LogP contribution in [0.3, 0.4) is 0 Å². The molecule has 0 N–H and O–H groups in total. The molecule has 2 heterocycles. The molecule has 5 nitrogen and oxygen atoms in total. The lowest BCUT2D eigenvalue weighted by Crippen LogP contribution is -2.50. The Kier molecular flexibility index (Phi) is 4.43. The highest BCUT2D eigenvalue weighted by atomic mass is 32.1. The summed E-state index contributed by atoms with van der Waals surface area (Å²) < 4.78 is 0. The predicted molar refractivity (Wildman–Crippen MR) is 89.8 cm³/mol. The molecule has 0 spiro atoms. The number of aromatic nitrogens is 1. The van der Waals surface area contributed by atoms with E-state index in [4.69, 9.17) is 0 Å². The highest BCUT2D eigenvalue weighted by molar-refractivity contribution is 7.09. The number of benzene rings is 1. The third kappa shape index (κ3) is 3.27. The van der Waals surface area contributed by atoms with Gasteiger partial charge in [0, 0.05) is 37.1 Å². The van der Waals surface area contributed by atoms with E-state index in [0.717, 1.165) is 16.1 Å². The van der Waals surface area contributed by atoms with Gasteiger partial charge in [0.1, 0.15) is 5.69 Å². The monoisotopic (exact) mass is 329 g/mol. The summed E-state index contributed by atoms with van der Waals surface area (Å²) in [6.07, 6.45) is 0. The first-order chi connectivity index (χ1) is 11.1. The van der Waals surface area contributed by atoms with Crippen molar-refractivity contribution >= 4 is 23.2 Å². The molecule has 0 saturated carbocycles. The molecule has 1 aromatic carbocycles. The van der Waals surface area contributed by atoms with Crippen molar-refractivity contribution < 1.29 is 9.59 Å². The minimum Gasteiger partial charge on any atom is -0.335 e. The number of amides is 2. The predicted octanol–water partition coefficient (Wildman–Crippen LogP) is 2.36. The van der Waals surface area contributed by atoms with E-state index in [9.17, 15) is 9.59 Å². The van der Waals surface area contributed by atoms with Crippen LogP contribution in [-0.4, -0.2) is 52.8 Å². The normalized spacial score (nSPS) is 14.9. The maximum absolute atomic E-state index is 12.6. The minimum absolute atomic E-state index is 0.0414. The molecular weight excluding hydrogens is 310 g/mol. The second kappa shape index (κ2) is 6.50. The number of carbonyl (C=O) groups excluding carboxylic acids is 2. The van der Waals surface area contributed by atoms with E-state index in [1.165, 1.54) is 11.3 Å². The zero-order chi connectivity index (χ0) is 16.4.